The third kappa shape index (κ3) is 3.96. The smallest absolute Gasteiger partial charge is 0.225 e. The number of rotatable bonds is 4. The maximum atomic E-state index is 12.3. The second-order valence-electron chi connectivity index (χ2n) is 5.26. The highest BCUT2D eigenvalue weighted by Crippen LogP contribution is 2.14. The van der Waals surface area contributed by atoms with Gasteiger partial charge < -0.3 is 16.0 Å². The van der Waals surface area contributed by atoms with Crippen molar-refractivity contribution in [1.29, 1.82) is 0 Å². The molecule has 1 saturated heterocycles. The molecule has 1 fully saturated rings. The summed E-state index contributed by atoms with van der Waals surface area (Å²) in [5.74, 6) is 0.382. The zero-order valence-corrected chi connectivity index (χ0v) is 11.6. The molecule has 19 heavy (non-hydrogen) atoms. The molecule has 104 valence electrons. The maximum absolute atomic E-state index is 12.3. The van der Waals surface area contributed by atoms with Gasteiger partial charge in [0.2, 0.25) is 5.91 Å². The molecule has 0 aliphatic carbocycles. The third-order valence-corrected chi connectivity index (χ3v) is 3.70. The van der Waals surface area contributed by atoms with Crippen LogP contribution in [-0.2, 0) is 11.2 Å². The Bertz CT molecular complexity index is 410. The predicted octanol–water partition coefficient (Wildman–Crippen LogP) is 1.27. The minimum atomic E-state index is 0.0932. The first-order chi connectivity index (χ1) is 9.16. The van der Waals surface area contributed by atoms with E-state index in [1.165, 1.54) is 5.56 Å². The molecule has 1 amide bonds. The number of hydrogen-bond donors (Lipinski definition) is 2. The number of anilines is 1. The summed E-state index contributed by atoms with van der Waals surface area (Å²) in [6, 6.07) is 7.91. The number of nitrogens with two attached hydrogens (primary N) is 1. The van der Waals surface area contributed by atoms with Crippen molar-refractivity contribution in [1.82, 2.24) is 10.2 Å². The van der Waals surface area contributed by atoms with Crippen LogP contribution < -0.4 is 11.1 Å². The summed E-state index contributed by atoms with van der Waals surface area (Å²) in [5, 5.41) is 3.27. The first-order valence-electron chi connectivity index (χ1n) is 7.01. The lowest BCUT2D eigenvalue weighted by Gasteiger charge is -2.29. The van der Waals surface area contributed by atoms with Crippen molar-refractivity contribution in [2.75, 3.05) is 31.9 Å². The van der Waals surface area contributed by atoms with Gasteiger partial charge in [0.15, 0.2) is 0 Å². The van der Waals surface area contributed by atoms with E-state index in [9.17, 15) is 4.79 Å². The number of nitrogens with one attached hydrogen (secondary N) is 1. The van der Waals surface area contributed by atoms with E-state index in [1.54, 1.807) is 0 Å². The molecule has 1 aromatic carbocycles. The van der Waals surface area contributed by atoms with Crippen LogP contribution in [0.3, 0.4) is 0 Å². The fraction of sp³-hybridized carbons (Fsp3) is 0.533. The molecule has 1 unspecified atom stereocenters. The molecular weight excluding hydrogens is 238 g/mol. The van der Waals surface area contributed by atoms with E-state index in [-0.39, 0.29) is 11.8 Å². The first kappa shape index (κ1) is 13.9. The van der Waals surface area contributed by atoms with Gasteiger partial charge in [-0.2, -0.15) is 0 Å². The maximum Gasteiger partial charge on any atom is 0.225 e. The number of aryl methyl sites for hydroxylation is 1. The number of piperazine rings is 1. The zero-order chi connectivity index (χ0) is 13.7. The molecule has 3 N–H and O–H groups in total. The van der Waals surface area contributed by atoms with Crippen molar-refractivity contribution in [3.05, 3.63) is 29.8 Å². The van der Waals surface area contributed by atoms with Crippen molar-refractivity contribution in [3.63, 3.8) is 0 Å². The molecule has 0 saturated carbocycles. The lowest BCUT2D eigenvalue weighted by Crippen LogP contribution is -2.48. The quantitative estimate of drug-likeness (QED) is 0.803. The van der Waals surface area contributed by atoms with E-state index >= 15 is 0 Å². The first-order valence-corrected chi connectivity index (χ1v) is 7.01. The Balaban J connectivity index is 1.81. The highest BCUT2D eigenvalue weighted by Gasteiger charge is 2.21. The van der Waals surface area contributed by atoms with Gasteiger partial charge in [0, 0.05) is 37.8 Å². The number of carbonyl (C=O) groups is 1. The molecule has 1 heterocycles. The summed E-state index contributed by atoms with van der Waals surface area (Å²) in [6.07, 6.45) is 1.83. The van der Waals surface area contributed by atoms with Crippen molar-refractivity contribution in [2.24, 2.45) is 5.92 Å². The Labute approximate surface area is 115 Å². The number of nitrogen functional groups attached to an aromatic ring is 1. The average molecular weight is 261 g/mol. The van der Waals surface area contributed by atoms with Crippen molar-refractivity contribution in [3.8, 4) is 0 Å². The van der Waals surface area contributed by atoms with Gasteiger partial charge in [-0.15, -0.1) is 0 Å². The Hall–Kier alpha value is -1.55. The topological polar surface area (TPSA) is 58.4 Å². The molecule has 1 aliphatic rings. The Morgan fingerprint density at radius 2 is 1.95 bits per heavy atom. The van der Waals surface area contributed by atoms with Gasteiger partial charge >= 0.3 is 0 Å². The SMILES string of the molecule is CC(CCc1ccc(N)cc1)C(=O)N1CCNCC1. The standard InChI is InChI=1S/C15H23N3O/c1-12(15(19)18-10-8-17-9-11-18)2-3-13-4-6-14(16)7-5-13/h4-7,12,17H,2-3,8-11,16H2,1H3. The average Bonchev–Trinajstić information content (AvgIpc) is 2.46. The molecule has 1 atom stereocenters. The van der Waals surface area contributed by atoms with E-state index in [4.69, 9.17) is 5.73 Å². The highest BCUT2D eigenvalue weighted by molar-refractivity contribution is 5.78. The fourth-order valence-electron chi connectivity index (χ4n) is 2.39. The number of amides is 1. The van der Waals surface area contributed by atoms with Crippen LogP contribution in [0.25, 0.3) is 0 Å². The number of carbonyl (C=O) groups excluding carboxylic acids is 1. The molecule has 1 aromatic rings. The van der Waals surface area contributed by atoms with Crippen LogP contribution in [0.1, 0.15) is 18.9 Å². The van der Waals surface area contributed by atoms with Crippen LogP contribution in [-0.4, -0.2) is 37.0 Å². The largest absolute Gasteiger partial charge is 0.399 e. The molecule has 4 nitrogen and oxygen atoms in total. The Kier molecular flexibility index (Phi) is 4.80. The van der Waals surface area contributed by atoms with E-state index in [1.807, 2.05) is 36.1 Å². The second-order valence-corrected chi connectivity index (χ2v) is 5.26. The van der Waals surface area contributed by atoms with Crippen LogP contribution >= 0.6 is 0 Å². The molecule has 0 radical (unpaired) electrons. The van der Waals surface area contributed by atoms with Crippen molar-refractivity contribution in [2.45, 2.75) is 19.8 Å². The van der Waals surface area contributed by atoms with Gasteiger partial charge in [0.1, 0.15) is 0 Å². The lowest BCUT2D eigenvalue weighted by atomic mass is 9.99. The van der Waals surface area contributed by atoms with Crippen LogP contribution in [0, 0.1) is 5.92 Å². The molecule has 4 heteroatoms. The molecule has 1 aliphatic heterocycles. The fourth-order valence-corrected chi connectivity index (χ4v) is 2.39. The summed E-state index contributed by atoms with van der Waals surface area (Å²) in [6.45, 7) is 5.53. The monoisotopic (exact) mass is 261 g/mol. The normalized spacial score (nSPS) is 17.2. The predicted molar refractivity (Wildman–Crippen MR) is 77.8 cm³/mol. The third-order valence-electron chi connectivity index (χ3n) is 3.70. The van der Waals surface area contributed by atoms with Gasteiger partial charge in [0.25, 0.3) is 0 Å². The lowest BCUT2D eigenvalue weighted by molar-refractivity contribution is -0.135. The number of nitrogens with zero attached hydrogens (tertiary/aromatic N) is 1. The van der Waals surface area contributed by atoms with Crippen molar-refractivity contribution >= 4 is 11.6 Å². The van der Waals surface area contributed by atoms with Crippen molar-refractivity contribution < 1.29 is 4.79 Å². The van der Waals surface area contributed by atoms with Gasteiger partial charge in [-0.25, -0.2) is 0 Å². The van der Waals surface area contributed by atoms with Crippen LogP contribution in [0.2, 0.25) is 0 Å². The molecule has 2 rings (SSSR count). The molecule has 0 bridgehead atoms. The molecule has 0 spiro atoms. The summed E-state index contributed by atoms with van der Waals surface area (Å²) in [5.41, 5.74) is 7.69. The summed E-state index contributed by atoms with van der Waals surface area (Å²) >= 11 is 0. The van der Waals surface area contributed by atoms with Crippen LogP contribution in [0.5, 0.6) is 0 Å². The minimum absolute atomic E-state index is 0.0932. The molecular formula is C15H23N3O. The zero-order valence-electron chi connectivity index (χ0n) is 11.6. The summed E-state index contributed by atoms with van der Waals surface area (Å²) in [4.78, 5) is 14.2. The van der Waals surface area contributed by atoms with Gasteiger partial charge in [-0.1, -0.05) is 19.1 Å². The Morgan fingerprint density at radius 3 is 2.58 bits per heavy atom. The van der Waals surface area contributed by atoms with Gasteiger partial charge in [-0.05, 0) is 30.5 Å². The summed E-state index contributed by atoms with van der Waals surface area (Å²) in [7, 11) is 0. The number of hydrogen-bond acceptors (Lipinski definition) is 3. The van der Waals surface area contributed by atoms with Gasteiger partial charge in [-0.3, -0.25) is 4.79 Å². The van der Waals surface area contributed by atoms with E-state index in [0.717, 1.165) is 44.7 Å². The van der Waals surface area contributed by atoms with Crippen LogP contribution in [0.15, 0.2) is 24.3 Å². The Morgan fingerprint density at radius 1 is 1.32 bits per heavy atom. The minimum Gasteiger partial charge on any atom is -0.399 e. The van der Waals surface area contributed by atoms with Gasteiger partial charge in [0.05, 0.1) is 0 Å². The number of benzene rings is 1. The van der Waals surface area contributed by atoms with E-state index in [2.05, 4.69) is 5.32 Å². The highest BCUT2D eigenvalue weighted by atomic mass is 16.2. The summed E-state index contributed by atoms with van der Waals surface area (Å²) < 4.78 is 0. The van der Waals surface area contributed by atoms with E-state index in [0.29, 0.717) is 0 Å². The van der Waals surface area contributed by atoms with Crippen LogP contribution in [0.4, 0.5) is 5.69 Å². The molecule has 0 aromatic heterocycles. The van der Waals surface area contributed by atoms with E-state index < -0.39 is 0 Å². The second kappa shape index (κ2) is 6.57.